The van der Waals surface area contributed by atoms with Crippen LogP contribution < -0.4 is 15.8 Å². The van der Waals surface area contributed by atoms with Gasteiger partial charge < -0.3 is 20.7 Å². The van der Waals surface area contributed by atoms with E-state index in [0.29, 0.717) is 32.5 Å². The number of piperidine rings is 1. The van der Waals surface area contributed by atoms with E-state index in [1.165, 1.54) is 5.56 Å². The maximum absolute atomic E-state index is 12.2. The number of amides is 3. The number of benzene rings is 1. The topological polar surface area (TPSA) is 84.7 Å². The van der Waals surface area contributed by atoms with Gasteiger partial charge in [-0.15, -0.1) is 0 Å². The second kappa shape index (κ2) is 7.85. The summed E-state index contributed by atoms with van der Waals surface area (Å²) in [5.74, 6) is 0.408. The van der Waals surface area contributed by atoms with E-state index in [1.807, 2.05) is 38.1 Å². The molecule has 1 heterocycles. The summed E-state index contributed by atoms with van der Waals surface area (Å²) in [6.45, 7) is 5.46. The molecule has 6 nitrogen and oxygen atoms in total. The summed E-state index contributed by atoms with van der Waals surface area (Å²) in [5, 5.41) is 2.92. The van der Waals surface area contributed by atoms with Crippen molar-refractivity contribution in [1.82, 2.24) is 10.2 Å². The number of nitrogens with zero attached hydrogens (tertiary/aromatic N) is 1. The van der Waals surface area contributed by atoms with E-state index in [-0.39, 0.29) is 23.9 Å². The lowest BCUT2D eigenvalue weighted by molar-refractivity contribution is -0.123. The molecule has 1 fully saturated rings. The normalized spacial score (nSPS) is 16.7. The summed E-state index contributed by atoms with van der Waals surface area (Å²) < 4.78 is 5.67. The standard InChI is InChI=1S/C17H25N3O3/c1-12-3-5-15(6-4-12)23-11-13(2)19-17(22)20-9-7-14(8-10-20)16(18)21/h3-6,13-14H,7-11H2,1-2H3,(H2,18,21)(H,19,22)/t13-/m1/s1. The molecule has 1 saturated heterocycles. The van der Waals surface area contributed by atoms with Gasteiger partial charge in [0.1, 0.15) is 12.4 Å². The van der Waals surface area contributed by atoms with Crippen molar-refractivity contribution in [1.29, 1.82) is 0 Å². The molecular weight excluding hydrogens is 294 g/mol. The highest BCUT2D eigenvalue weighted by molar-refractivity contribution is 5.78. The molecule has 3 N–H and O–H groups in total. The Morgan fingerprint density at radius 3 is 2.48 bits per heavy atom. The van der Waals surface area contributed by atoms with Crippen LogP contribution in [0.25, 0.3) is 0 Å². The minimum Gasteiger partial charge on any atom is -0.491 e. The van der Waals surface area contributed by atoms with Crippen LogP contribution in [0.4, 0.5) is 4.79 Å². The lowest BCUT2D eigenvalue weighted by atomic mass is 9.96. The summed E-state index contributed by atoms with van der Waals surface area (Å²) in [6, 6.07) is 7.59. The molecule has 0 aliphatic carbocycles. The molecule has 1 aromatic rings. The highest BCUT2D eigenvalue weighted by Gasteiger charge is 2.26. The van der Waals surface area contributed by atoms with Gasteiger partial charge in [0.05, 0.1) is 6.04 Å². The Morgan fingerprint density at radius 1 is 1.30 bits per heavy atom. The van der Waals surface area contributed by atoms with E-state index in [1.54, 1.807) is 4.90 Å². The van der Waals surface area contributed by atoms with Gasteiger partial charge in [-0.25, -0.2) is 4.79 Å². The van der Waals surface area contributed by atoms with Gasteiger partial charge in [-0.05, 0) is 38.8 Å². The number of likely N-dealkylation sites (tertiary alicyclic amines) is 1. The number of ether oxygens (including phenoxy) is 1. The van der Waals surface area contributed by atoms with Gasteiger partial charge in [-0.1, -0.05) is 17.7 Å². The van der Waals surface area contributed by atoms with Crippen LogP contribution in [0.5, 0.6) is 5.75 Å². The quantitative estimate of drug-likeness (QED) is 0.866. The molecule has 1 aromatic carbocycles. The number of nitrogens with two attached hydrogens (primary N) is 1. The fourth-order valence-corrected chi connectivity index (χ4v) is 2.57. The van der Waals surface area contributed by atoms with Crippen molar-refractivity contribution in [3.8, 4) is 5.75 Å². The lowest BCUT2D eigenvalue weighted by Crippen LogP contribution is -2.49. The van der Waals surface area contributed by atoms with Gasteiger partial charge in [0, 0.05) is 19.0 Å². The summed E-state index contributed by atoms with van der Waals surface area (Å²) in [7, 11) is 0. The zero-order valence-corrected chi connectivity index (χ0v) is 13.7. The summed E-state index contributed by atoms with van der Waals surface area (Å²) in [4.78, 5) is 25.0. The van der Waals surface area contributed by atoms with Gasteiger partial charge >= 0.3 is 6.03 Å². The molecule has 126 valence electrons. The Kier molecular flexibility index (Phi) is 5.84. The van der Waals surface area contributed by atoms with Gasteiger partial charge in [-0.2, -0.15) is 0 Å². The van der Waals surface area contributed by atoms with E-state index < -0.39 is 0 Å². The van der Waals surface area contributed by atoms with Crippen molar-refractivity contribution in [3.63, 3.8) is 0 Å². The number of carbonyl (C=O) groups excluding carboxylic acids is 2. The molecule has 1 aliphatic heterocycles. The predicted octanol–water partition coefficient (Wildman–Crippen LogP) is 1.67. The fourth-order valence-electron chi connectivity index (χ4n) is 2.57. The van der Waals surface area contributed by atoms with Gasteiger partial charge in [-0.3, -0.25) is 4.79 Å². The molecule has 0 unspecified atom stereocenters. The van der Waals surface area contributed by atoms with Crippen LogP contribution in [0.1, 0.15) is 25.3 Å². The fraction of sp³-hybridized carbons (Fsp3) is 0.529. The van der Waals surface area contributed by atoms with Crippen molar-refractivity contribution in [2.45, 2.75) is 32.7 Å². The van der Waals surface area contributed by atoms with Crippen LogP contribution in [0.15, 0.2) is 24.3 Å². The Morgan fingerprint density at radius 2 is 1.91 bits per heavy atom. The number of aryl methyl sites for hydroxylation is 1. The molecule has 1 aliphatic rings. The van der Waals surface area contributed by atoms with Gasteiger partial charge in [0.2, 0.25) is 5.91 Å². The molecule has 0 radical (unpaired) electrons. The van der Waals surface area contributed by atoms with Crippen molar-refractivity contribution in [2.24, 2.45) is 11.7 Å². The highest BCUT2D eigenvalue weighted by atomic mass is 16.5. The van der Waals surface area contributed by atoms with E-state index in [2.05, 4.69) is 5.32 Å². The Bertz CT molecular complexity index is 537. The number of primary amides is 1. The Hall–Kier alpha value is -2.24. The third-order valence-electron chi connectivity index (χ3n) is 4.08. The first-order valence-corrected chi connectivity index (χ1v) is 8.00. The second-order valence-corrected chi connectivity index (χ2v) is 6.14. The van der Waals surface area contributed by atoms with Crippen LogP contribution >= 0.6 is 0 Å². The van der Waals surface area contributed by atoms with Crippen molar-refractivity contribution >= 4 is 11.9 Å². The average molecular weight is 319 g/mol. The SMILES string of the molecule is Cc1ccc(OC[C@@H](C)NC(=O)N2CCC(C(N)=O)CC2)cc1. The van der Waals surface area contributed by atoms with E-state index in [0.717, 1.165) is 5.75 Å². The van der Waals surface area contributed by atoms with Gasteiger partial charge in [0.25, 0.3) is 0 Å². The molecule has 23 heavy (non-hydrogen) atoms. The van der Waals surface area contributed by atoms with Crippen LogP contribution in [0, 0.1) is 12.8 Å². The summed E-state index contributed by atoms with van der Waals surface area (Å²) >= 11 is 0. The second-order valence-electron chi connectivity index (χ2n) is 6.14. The Balaban J connectivity index is 1.72. The maximum Gasteiger partial charge on any atom is 0.317 e. The number of carbonyl (C=O) groups is 2. The molecule has 1 atom stereocenters. The van der Waals surface area contributed by atoms with E-state index in [9.17, 15) is 9.59 Å². The van der Waals surface area contributed by atoms with Gasteiger partial charge in [0.15, 0.2) is 0 Å². The summed E-state index contributed by atoms with van der Waals surface area (Å²) in [5.41, 5.74) is 6.48. The molecule has 0 aromatic heterocycles. The molecule has 3 amide bonds. The maximum atomic E-state index is 12.2. The van der Waals surface area contributed by atoms with Crippen LogP contribution in [0.2, 0.25) is 0 Å². The first-order chi connectivity index (χ1) is 11.0. The zero-order chi connectivity index (χ0) is 16.8. The van der Waals surface area contributed by atoms with Crippen LogP contribution in [0.3, 0.4) is 0 Å². The van der Waals surface area contributed by atoms with Crippen molar-refractivity contribution in [2.75, 3.05) is 19.7 Å². The average Bonchev–Trinajstić information content (AvgIpc) is 2.54. The van der Waals surface area contributed by atoms with Crippen molar-refractivity contribution in [3.05, 3.63) is 29.8 Å². The molecular formula is C17H25N3O3. The van der Waals surface area contributed by atoms with Crippen LogP contribution in [-0.4, -0.2) is 42.6 Å². The molecule has 6 heteroatoms. The van der Waals surface area contributed by atoms with E-state index >= 15 is 0 Å². The smallest absolute Gasteiger partial charge is 0.317 e. The first-order valence-electron chi connectivity index (χ1n) is 8.00. The van der Waals surface area contributed by atoms with Crippen molar-refractivity contribution < 1.29 is 14.3 Å². The molecule has 0 saturated carbocycles. The number of nitrogens with one attached hydrogen (secondary N) is 1. The lowest BCUT2D eigenvalue weighted by Gasteiger charge is -2.31. The minimum absolute atomic E-state index is 0.0994. The molecule has 2 rings (SSSR count). The number of rotatable bonds is 5. The largest absolute Gasteiger partial charge is 0.491 e. The number of hydrogen-bond acceptors (Lipinski definition) is 3. The van der Waals surface area contributed by atoms with E-state index in [4.69, 9.17) is 10.5 Å². The number of hydrogen-bond donors (Lipinski definition) is 2. The molecule has 0 bridgehead atoms. The zero-order valence-electron chi connectivity index (χ0n) is 13.7. The third kappa shape index (κ3) is 5.16. The first kappa shape index (κ1) is 17.1. The predicted molar refractivity (Wildman–Crippen MR) is 88.2 cm³/mol. The highest BCUT2D eigenvalue weighted by Crippen LogP contribution is 2.16. The Labute approximate surface area is 137 Å². The summed E-state index contributed by atoms with van der Waals surface area (Å²) in [6.07, 6.45) is 1.27. The minimum atomic E-state index is -0.273. The molecule has 0 spiro atoms. The van der Waals surface area contributed by atoms with Crippen LogP contribution in [-0.2, 0) is 4.79 Å². The third-order valence-corrected chi connectivity index (χ3v) is 4.08. The monoisotopic (exact) mass is 319 g/mol. The number of urea groups is 1.